The first-order chi connectivity index (χ1) is 15.2. The molecule has 3 aromatic rings. The number of hydrogen-bond donors (Lipinski definition) is 1. The SMILES string of the molecule is O=C(O)COc1cccc2c1CCC(CON=C(c1ccccc1)c1cccnc1)=C2. The predicted octanol–water partition coefficient (Wildman–Crippen LogP) is 4.34. The van der Waals surface area contributed by atoms with Crippen molar-refractivity contribution in [1.82, 2.24) is 4.98 Å². The van der Waals surface area contributed by atoms with Crippen LogP contribution in [0.3, 0.4) is 0 Å². The van der Waals surface area contributed by atoms with Gasteiger partial charge in [-0.2, -0.15) is 0 Å². The van der Waals surface area contributed by atoms with Gasteiger partial charge >= 0.3 is 5.97 Å². The van der Waals surface area contributed by atoms with Gasteiger partial charge in [0.2, 0.25) is 0 Å². The maximum atomic E-state index is 10.8. The number of nitrogens with zero attached hydrogens (tertiary/aromatic N) is 2. The van der Waals surface area contributed by atoms with E-state index < -0.39 is 5.97 Å². The molecule has 0 aliphatic heterocycles. The zero-order chi connectivity index (χ0) is 21.5. The van der Waals surface area contributed by atoms with E-state index in [9.17, 15) is 4.79 Å². The van der Waals surface area contributed by atoms with E-state index in [1.807, 2.05) is 54.6 Å². The monoisotopic (exact) mass is 414 g/mol. The first kappa shape index (κ1) is 20.3. The molecule has 0 saturated heterocycles. The minimum atomic E-state index is -0.987. The van der Waals surface area contributed by atoms with Crippen molar-refractivity contribution < 1.29 is 19.5 Å². The van der Waals surface area contributed by atoms with E-state index in [1.54, 1.807) is 18.5 Å². The number of aliphatic carboxylic acids is 1. The van der Waals surface area contributed by atoms with Crippen LogP contribution < -0.4 is 4.74 Å². The van der Waals surface area contributed by atoms with Crippen LogP contribution in [0.2, 0.25) is 0 Å². The standard InChI is InChI=1S/C25H22N2O4/c28-24(29)17-30-23-10-4-8-20-14-18(11-12-22(20)23)16-31-27-25(19-6-2-1-3-7-19)21-9-5-13-26-15-21/h1-10,13-15H,11-12,16-17H2,(H,28,29). The van der Waals surface area contributed by atoms with Gasteiger partial charge in [0.15, 0.2) is 6.61 Å². The van der Waals surface area contributed by atoms with Crippen molar-refractivity contribution in [2.45, 2.75) is 12.8 Å². The van der Waals surface area contributed by atoms with E-state index in [1.165, 1.54) is 0 Å². The molecule has 6 nitrogen and oxygen atoms in total. The molecule has 31 heavy (non-hydrogen) atoms. The number of hydrogen-bond acceptors (Lipinski definition) is 5. The summed E-state index contributed by atoms with van der Waals surface area (Å²) in [4.78, 5) is 20.7. The molecule has 0 spiro atoms. The summed E-state index contributed by atoms with van der Waals surface area (Å²) in [5.74, 6) is -0.365. The highest BCUT2D eigenvalue weighted by Gasteiger charge is 2.16. The van der Waals surface area contributed by atoms with Crippen molar-refractivity contribution in [3.05, 3.63) is 101 Å². The molecule has 0 atom stereocenters. The number of aromatic nitrogens is 1. The van der Waals surface area contributed by atoms with Gasteiger partial charge in [-0.25, -0.2) is 4.79 Å². The smallest absolute Gasteiger partial charge is 0.341 e. The number of pyridine rings is 1. The lowest BCUT2D eigenvalue weighted by atomic mass is 9.92. The van der Waals surface area contributed by atoms with Crippen LogP contribution in [0.15, 0.2) is 83.8 Å². The van der Waals surface area contributed by atoms with Crippen LogP contribution in [0.25, 0.3) is 6.08 Å². The Balaban J connectivity index is 1.50. The average Bonchev–Trinajstić information content (AvgIpc) is 2.81. The number of benzene rings is 2. The Morgan fingerprint density at radius 2 is 1.84 bits per heavy atom. The molecule has 1 N–H and O–H groups in total. The zero-order valence-electron chi connectivity index (χ0n) is 16.9. The van der Waals surface area contributed by atoms with Crippen LogP contribution in [0.4, 0.5) is 0 Å². The Morgan fingerprint density at radius 1 is 1.00 bits per heavy atom. The summed E-state index contributed by atoms with van der Waals surface area (Å²) >= 11 is 0. The van der Waals surface area contributed by atoms with Gasteiger partial charge in [-0.1, -0.05) is 53.7 Å². The molecular weight excluding hydrogens is 392 g/mol. The molecule has 0 amide bonds. The molecule has 1 aliphatic rings. The number of ether oxygens (including phenoxy) is 1. The van der Waals surface area contributed by atoms with Crippen molar-refractivity contribution in [2.75, 3.05) is 13.2 Å². The van der Waals surface area contributed by atoms with E-state index in [0.29, 0.717) is 12.4 Å². The van der Waals surface area contributed by atoms with Gasteiger partial charge in [-0.3, -0.25) is 4.98 Å². The lowest BCUT2D eigenvalue weighted by Crippen LogP contribution is -2.12. The van der Waals surface area contributed by atoms with E-state index in [0.717, 1.165) is 46.4 Å². The third kappa shape index (κ3) is 5.17. The summed E-state index contributed by atoms with van der Waals surface area (Å²) in [6, 6.07) is 19.4. The van der Waals surface area contributed by atoms with Gasteiger partial charge < -0.3 is 14.7 Å². The largest absolute Gasteiger partial charge is 0.482 e. The van der Waals surface area contributed by atoms with Gasteiger partial charge in [0, 0.05) is 29.1 Å². The van der Waals surface area contributed by atoms with E-state index >= 15 is 0 Å². The quantitative estimate of drug-likeness (QED) is 0.438. The molecule has 4 rings (SSSR count). The summed E-state index contributed by atoms with van der Waals surface area (Å²) in [7, 11) is 0. The summed E-state index contributed by atoms with van der Waals surface area (Å²) in [5, 5.41) is 13.3. The summed E-state index contributed by atoms with van der Waals surface area (Å²) in [6.45, 7) is 0.0255. The first-order valence-electron chi connectivity index (χ1n) is 10.0. The van der Waals surface area contributed by atoms with Crippen molar-refractivity contribution >= 4 is 17.8 Å². The number of carboxylic acids is 1. The molecule has 1 aliphatic carbocycles. The van der Waals surface area contributed by atoms with Gasteiger partial charge in [0.1, 0.15) is 18.1 Å². The number of carboxylic acid groups (broad SMARTS) is 1. The molecule has 0 radical (unpaired) electrons. The summed E-state index contributed by atoms with van der Waals surface area (Å²) in [6.07, 6.45) is 7.12. The van der Waals surface area contributed by atoms with Gasteiger partial charge in [-0.05, 0) is 42.2 Å². The van der Waals surface area contributed by atoms with Crippen molar-refractivity contribution in [3.8, 4) is 5.75 Å². The zero-order valence-corrected chi connectivity index (χ0v) is 16.9. The van der Waals surface area contributed by atoms with Gasteiger partial charge in [0.05, 0.1) is 0 Å². The number of rotatable bonds is 8. The van der Waals surface area contributed by atoms with Crippen molar-refractivity contribution in [3.63, 3.8) is 0 Å². The van der Waals surface area contributed by atoms with Gasteiger partial charge in [0.25, 0.3) is 0 Å². The Morgan fingerprint density at radius 3 is 2.61 bits per heavy atom. The Kier molecular flexibility index (Phi) is 6.38. The molecule has 0 fully saturated rings. The van der Waals surface area contributed by atoms with Gasteiger partial charge in [-0.15, -0.1) is 0 Å². The second kappa shape index (κ2) is 9.71. The third-order valence-electron chi connectivity index (χ3n) is 4.96. The van der Waals surface area contributed by atoms with Crippen LogP contribution in [-0.4, -0.2) is 35.0 Å². The first-order valence-corrected chi connectivity index (χ1v) is 10.0. The lowest BCUT2D eigenvalue weighted by molar-refractivity contribution is -0.139. The van der Waals surface area contributed by atoms with Crippen molar-refractivity contribution in [2.24, 2.45) is 5.16 Å². The second-order valence-corrected chi connectivity index (χ2v) is 7.13. The Labute approximate surface area is 180 Å². The molecule has 2 aromatic carbocycles. The fourth-order valence-electron chi connectivity index (χ4n) is 3.50. The number of fused-ring (bicyclic) bond motifs is 1. The second-order valence-electron chi connectivity index (χ2n) is 7.13. The fourth-order valence-corrected chi connectivity index (χ4v) is 3.50. The molecule has 1 heterocycles. The highest BCUT2D eigenvalue weighted by molar-refractivity contribution is 6.12. The maximum absolute atomic E-state index is 10.8. The van der Waals surface area contributed by atoms with Crippen LogP contribution in [0.1, 0.15) is 28.7 Å². The van der Waals surface area contributed by atoms with Crippen LogP contribution >= 0.6 is 0 Å². The predicted molar refractivity (Wildman–Crippen MR) is 118 cm³/mol. The van der Waals surface area contributed by atoms with E-state index in [-0.39, 0.29) is 6.61 Å². The van der Waals surface area contributed by atoms with Crippen molar-refractivity contribution in [1.29, 1.82) is 0 Å². The molecule has 156 valence electrons. The Hall–Kier alpha value is -3.93. The lowest BCUT2D eigenvalue weighted by Gasteiger charge is -2.19. The molecule has 0 unspecified atom stereocenters. The van der Waals surface area contributed by atoms with E-state index in [2.05, 4.69) is 16.2 Å². The van der Waals surface area contributed by atoms with E-state index in [4.69, 9.17) is 14.7 Å². The highest BCUT2D eigenvalue weighted by Crippen LogP contribution is 2.31. The molecular formula is C25H22N2O4. The third-order valence-corrected chi connectivity index (χ3v) is 4.96. The molecule has 0 bridgehead atoms. The fraction of sp³-hybridized carbons (Fsp3) is 0.160. The number of carbonyl (C=O) groups is 1. The topological polar surface area (TPSA) is 81.0 Å². The summed E-state index contributed by atoms with van der Waals surface area (Å²) in [5.41, 5.74) is 5.74. The van der Waals surface area contributed by atoms with Crippen LogP contribution in [-0.2, 0) is 16.1 Å². The normalized spacial score (nSPS) is 13.2. The minimum Gasteiger partial charge on any atom is -0.482 e. The maximum Gasteiger partial charge on any atom is 0.341 e. The molecule has 1 aromatic heterocycles. The van der Waals surface area contributed by atoms with Crippen LogP contribution in [0, 0.1) is 0 Å². The molecule has 6 heteroatoms. The average molecular weight is 414 g/mol. The summed E-state index contributed by atoms with van der Waals surface area (Å²) < 4.78 is 5.42. The minimum absolute atomic E-state index is 0.346. The number of oxime groups is 1. The molecule has 0 saturated carbocycles. The van der Waals surface area contributed by atoms with Crippen LogP contribution in [0.5, 0.6) is 5.75 Å². The highest BCUT2D eigenvalue weighted by atomic mass is 16.6. The Bertz CT molecular complexity index is 1070.